The van der Waals surface area contributed by atoms with Gasteiger partial charge in [0, 0.05) is 17.7 Å². The molecule has 0 radical (unpaired) electrons. The third-order valence-electron chi connectivity index (χ3n) is 5.94. The van der Waals surface area contributed by atoms with Crippen LogP contribution in [0.15, 0.2) is 41.3 Å². The lowest BCUT2D eigenvalue weighted by atomic mass is 10.1. The van der Waals surface area contributed by atoms with Crippen LogP contribution in [0.2, 0.25) is 0 Å². The molecule has 0 spiro atoms. The highest BCUT2D eigenvalue weighted by Crippen LogP contribution is 2.41. The Morgan fingerprint density at radius 2 is 1.10 bits per heavy atom. The van der Waals surface area contributed by atoms with E-state index in [1.54, 1.807) is 30.4 Å². The van der Waals surface area contributed by atoms with Crippen molar-refractivity contribution in [3.8, 4) is 40.2 Å². The van der Waals surface area contributed by atoms with Crippen LogP contribution in [-0.2, 0) is 15.6 Å². The predicted octanol–water partition coefficient (Wildman–Crippen LogP) is 5.03. The van der Waals surface area contributed by atoms with Crippen LogP contribution in [0.3, 0.4) is 0 Å². The summed E-state index contributed by atoms with van der Waals surface area (Å²) in [5.74, 6) is 0.294. The number of methoxy groups -OCH3 is 7. The second kappa shape index (κ2) is 12.6. The van der Waals surface area contributed by atoms with Crippen molar-refractivity contribution >= 4 is 22.0 Å². The number of sulfone groups is 1. The highest BCUT2D eigenvalue weighted by molar-refractivity contribution is 7.90. The summed E-state index contributed by atoms with van der Waals surface area (Å²) in [6.45, 7) is 0. The Hall–Kier alpha value is -4.12. The fraction of sp³-hybridized carbons (Fsp3) is 0.286. The summed E-state index contributed by atoms with van der Waals surface area (Å²) in [7, 11) is 5.87. The van der Waals surface area contributed by atoms with E-state index >= 15 is 4.39 Å². The second-order valence-electron chi connectivity index (χ2n) is 8.06. The fourth-order valence-corrected chi connectivity index (χ4v) is 5.38. The summed E-state index contributed by atoms with van der Waals surface area (Å²) in [6.07, 6.45) is 3.28. The van der Waals surface area contributed by atoms with Crippen LogP contribution in [0.1, 0.15) is 16.7 Å². The minimum absolute atomic E-state index is 0.0770. The molecule has 11 heteroatoms. The first-order valence-corrected chi connectivity index (χ1v) is 13.2. The number of halogens is 1. The van der Waals surface area contributed by atoms with E-state index in [2.05, 4.69) is 0 Å². The molecule has 0 bridgehead atoms. The van der Waals surface area contributed by atoms with Crippen molar-refractivity contribution in [2.24, 2.45) is 0 Å². The maximum absolute atomic E-state index is 15.5. The molecule has 0 aliphatic rings. The van der Waals surface area contributed by atoms with Gasteiger partial charge in [-0.15, -0.1) is 0 Å². The summed E-state index contributed by atoms with van der Waals surface area (Å²) in [5.41, 5.74) is 0.907. The standard InChI is InChI=1S/C28H31FO9S/c1-32-21-11-10-18(9-8-17-12-22(33-2)27(37-6)23(13-17)34-3)20(26(21)29)16-39(30,31)19-14-24(35-4)28(38-7)25(15-19)36-5/h8-15H,16H2,1-7H3/b9-8-. The maximum atomic E-state index is 15.5. The van der Waals surface area contributed by atoms with Gasteiger partial charge in [0.25, 0.3) is 0 Å². The summed E-state index contributed by atoms with van der Waals surface area (Å²) in [4.78, 5) is -0.126. The summed E-state index contributed by atoms with van der Waals surface area (Å²) >= 11 is 0. The molecule has 9 nitrogen and oxygen atoms in total. The van der Waals surface area contributed by atoms with Gasteiger partial charge in [-0.1, -0.05) is 18.2 Å². The Bertz CT molecular complexity index is 1420. The van der Waals surface area contributed by atoms with Gasteiger partial charge in [0.1, 0.15) is 0 Å². The maximum Gasteiger partial charge on any atom is 0.203 e. The minimum atomic E-state index is -4.09. The molecule has 39 heavy (non-hydrogen) atoms. The molecule has 0 amide bonds. The smallest absolute Gasteiger partial charge is 0.203 e. The van der Waals surface area contributed by atoms with Crippen molar-refractivity contribution in [3.05, 3.63) is 58.9 Å². The lowest BCUT2D eigenvalue weighted by Gasteiger charge is -2.16. The van der Waals surface area contributed by atoms with Gasteiger partial charge in [-0.25, -0.2) is 12.8 Å². The summed E-state index contributed by atoms with van der Waals surface area (Å²) < 4.78 is 79.6. The average molecular weight is 563 g/mol. The van der Waals surface area contributed by atoms with E-state index in [1.807, 2.05) is 0 Å². The lowest BCUT2D eigenvalue weighted by Crippen LogP contribution is -2.10. The van der Waals surface area contributed by atoms with Gasteiger partial charge in [-0.05, 0) is 29.3 Å². The number of hydrogen-bond acceptors (Lipinski definition) is 9. The lowest BCUT2D eigenvalue weighted by molar-refractivity contribution is 0.323. The van der Waals surface area contributed by atoms with Crippen molar-refractivity contribution in [3.63, 3.8) is 0 Å². The van der Waals surface area contributed by atoms with Gasteiger partial charge in [0.2, 0.25) is 11.5 Å². The van der Waals surface area contributed by atoms with Gasteiger partial charge < -0.3 is 33.2 Å². The molecule has 0 aliphatic carbocycles. The third-order valence-corrected chi connectivity index (χ3v) is 7.56. The van der Waals surface area contributed by atoms with Crippen molar-refractivity contribution in [1.82, 2.24) is 0 Å². The SMILES string of the molecule is COc1ccc(/C=C\c2cc(OC)c(OC)c(OC)c2)c(CS(=O)(=O)c2cc(OC)c(OC)c(OC)c2)c1F. The van der Waals surface area contributed by atoms with E-state index in [9.17, 15) is 8.42 Å². The van der Waals surface area contributed by atoms with Crippen LogP contribution < -0.4 is 33.2 Å². The molecule has 0 aliphatic heterocycles. The number of rotatable bonds is 12. The first kappa shape index (κ1) is 29.4. The summed E-state index contributed by atoms with van der Waals surface area (Å²) in [5, 5.41) is 0. The molecule has 0 saturated carbocycles. The molecule has 0 aromatic heterocycles. The molecule has 0 saturated heterocycles. The van der Waals surface area contributed by atoms with Crippen molar-refractivity contribution in [2.45, 2.75) is 10.6 Å². The molecule has 0 N–H and O–H groups in total. The van der Waals surface area contributed by atoms with Crippen molar-refractivity contribution < 1.29 is 46.0 Å². The molecule has 210 valence electrons. The molecule has 3 aromatic carbocycles. The summed E-state index contributed by atoms with van der Waals surface area (Å²) in [6, 6.07) is 9.05. The molecule has 0 heterocycles. The van der Waals surface area contributed by atoms with Gasteiger partial charge in [-0.3, -0.25) is 0 Å². The van der Waals surface area contributed by atoms with E-state index in [0.29, 0.717) is 28.4 Å². The molecular weight excluding hydrogens is 531 g/mol. The van der Waals surface area contributed by atoms with Crippen molar-refractivity contribution in [1.29, 1.82) is 0 Å². The largest absolute Gasteiger partial charge is 0.494 e. The van der Waals surface area contributed by atoms with Crippen LogP contribution in [0.4, 0.5) is 4.39 Å². The molecule has 0 unspecified atom stereocenters. The first-order chi connectivity index (χ1) is 18.7. The van der Waals surface area contributed by atoms with Crippen LogP contribution in [0, 0.1) is 5.82 Å². The van der Waals surface area contributed by atoms with Crippen LogP contribution >= 0.6 is 0 Å². The van der Waals surface area contributed by atoms with E-state index < -0.39 is 21.4 Å². The fourth-order valence-electron chi connectivity index (χ4n) is 3.97. The normalized spacial score (nSPS) is 11.3. The Morgan fingerprint density at radius 1 is 0.641 bits per heavy atom. The number of ether oxygens (including phenoxy) is 7. The van der Waals surface area contributed by atoms with E-state index in [1.165, 1.54) is 68.0 Å². The van der Waals surface area contributed by atoms with Crippen molar-refractivity contribution in [2.75, 3.05) is 49.8 Å². The van der Waals surface area contributed by atoms with Gasteiger partial charge in [0.05, 0.1) is 60.4 Å². The Morgan fingerprint density at radius 3 is 1.54 bits per heavy atom. The van der Waals surface area contributed by atoms with Crippen LogP contribution in [-0.4, -0.2) is 58.2 Å². The molecule has 0 atom stereocenters. The second-order valence-corrected chi connectivity index (χ2v) is 10.1. The average Bonchev–Trinajstić information content (AvgIpc) is 2.95. The minimum Gasteiger partial charge on any atom is -0.494 e. The van der Waals surface area contributed by atoms with E-state index in [4.69, 9.17) is 33.2 Å². The topological polar surface area (TPSA) is 98.8 Å². The highest BCUT2D eigenvalue weighted by atomic mass is 32.2. The van der Waals surface area contributed by atoms with E-state index in [0.717, 1.165) is 0 Å². The predicted molar refractivity (Wildman–Crippen MR) is 145 cm³/mol. The zero-order valence-corrected chi connectivity index (χ0v) is 23.6. The number of benzene rings is 3. The van der Waals surface area contributed by atoms with Crippen LogP contribution in [0.25, 0.3) is 12.2 Å². The Balaban J connectivity index is 2.11. The monoisotopic (exact) mass is 562 g/mol. The zero-order valence-electron chi connectivity index (χ0n) is 22.8. The third kappa shape index (κ3) is 6.14. The van der Waals surface area contributed by atoms with Gasteiger partial charge in [0.15, 0.2) is 44.4 Å². The Kier molecular flexibility index (Phi) is 9.52. The number of hydrogen-bond donors (Lipinski definition) is 0. The van der Waals surface area contributed by atoms with Gasteiger partial charge >= 0.3 is 0 Å². The highest BCUT2D eigenvalue weighted by Gasteiger charge is 2.25. The quantitative estimate of drug-likeness (QED) is 0.282. The Labute approximate surface area is 227 Å². The van der Waals surface area contributed by atoms with Gasteiger partial charge in [-0.2, -0.15) is 0 Å². The first-order valence-electron chi connectivity index (χ1n) is 11.5. The molecule has 3 aromatic rings. The molecular formula is C28H31FO9S. The van der Waals surface area contributed by atoms with Crippen LogP contribution in [0.5, 0.6) is 40.2 Å². The van der Waals surface area contributed by atoms with E-state index in [-0.39, 0.29) is 33.5 Å². The zero-order chi connectivity index (χ0) is 28.7. The molecule has 3 rings (SSSR count). The molecule has 0 fully saturated rings.